The summed E-state index contributed by atoms with van der Waals surface area (Å²) in [5, 5.41) is 5.40. The molecule has 0 aromatic rings. The average Bonchev–Trinajstić information content (AvgIpc) is 2.24. The molecule has 4 N–H and O–H groups in total. The van der Waals surface area contributed by atoms with E-state index in [-0.39, 0.29) is 11.8 Å². The summed E-state index contributed by atoms with van der Waals surface area (Å²) in [6.07, 6.45) is 0.604. The molecule has 1 atom stereocenters. The van der Waals surface area contributed by atoms with E-state index in [1.807, 2.05) is 27.7 Å². The van der Waals surface area contributed by atoms with Crippen LogP contribution < -0.4 is 16.4 Å². The number of carbonyl (C=O) groups excluding carboxylic acids is 2. The topological polar surface area (TPSA) is 84.2 Å². The van der Waals surface area contributed by atoms with Crippen molar-refractivity contribution >= 4 is 11.8 Å². The number of carbonyl (C=O) groups is 2. The van der Waals surface area contributed by atoms with Gasteiger partial charge in [0.2, 0.25) is 11.8 Å². The summed E-state index contributed by atoms with van der Waals surface area (Å²) in [7, 11) is 1.57. The standard InChI is InChI=1S/C14H29N3O2/c1-9(2)8-10(11(18)16-7)17-12(19)13(3,4)14(5,6)15/h9-10H,8,15H2,1-7H3,(H,16,18)(H,17,19). The first-order valence-corrected chi connectivity index (χ1v) is 6.75. The predicted molar refractivity (Wildman–Crippen MR) is 77.5 cm³/mol. The van der Waals surface area contributed by atoms with Crippen LogP contribution in [0.25, 0.3) is 0 Å². The van der Waals surface area contributed by atoms with Gasteiger partial charge in [-0.1, -0.05) is 13.8 Å². The fourth-order valence-corrected chi connectivity index (χ4v) is 1.51. The van der Waals surface area contributed by atoms with Crippen LogP contribution in [0.1, 0.15) is 48.0 Å². The third-order valence-corrected chi connectivity index (χ3v) is 3.75. The number of hydrogen-bond acceptors (Lipinski definition) is 3. The van der Waals surface area contributed by atoms with Crippen molar-refractivity contribution in [3.63, 3.8) is 0 Å². The van der Waals surface area contributed by atoms with Crippen molar-refractivity contribution in [2.75, 3.05) is 7.05 Å². The van der Waals surface area contributed by atoms with Crippen molar-refractivity contribution in [3.8, 4) is 0 Å². The molecule has 0 aliphatic carbocycles. The van der Waals surface area contributed by atoms with E-state index in [4.69, 9.17) is 5.73 Å². The third-order valence-electron chi connectivity index (χ3n) is 3.75. The average molecular weight is 271 g/mol. The fourth-order valence-electron chi connectivity index (χ4n) is 1.51. The number of nitrogens with two attached hydrogens (primary N) is 1. The summed E-state index contributed by atoms with van der Waals surface area (Å²) in [6, 6.07) is -0.515. The number of rotatable bonds is 6. The van der Waals surface area contributed by atoms with Crippen LogP contribution in [0.2, 0.25) is 0 Å². The van der Waals surface area contributed by atoms with E-state index < -0.39 is 17.0 Å². The summed E-state index contributed by atoms with van der Waals surface area (Å²) in [6.45, 7) is 11.2. The fraction of sp³-hybridized carbons (Fsp3) is 0.857. The molecule has 0 saturated heterocycles. The number of amides is 2. The molecule has 112 valence electrons. The maximum absolute atomic E-state index is 12.4. The highest BCUT2D eigenvalue weighted by atomic mass is 16.2. The zero-order chi connectivity index (χ0) is 15.4. The first-order chi connectivity index (χ1) is 8.43. The van der Waals surface area contributed by atoms with Crippen LogP contribution in [-0.2, 0) is 9.59 Å². The van der Waals surface area contributed by atoms with E-state index in [2.05, 4.69) is 10.6 Å². The highest BCUT2D eigenvalue weighted by molar-refractivity contribution is 5.90. The highest BCUT2D eigenvalue weighted by Crippen LogP contribution is 2.28. The summed E-state index contributed by atoms with van der Waals surface area (Å²) in [5.41, 5.74) is 4.62. The molecule has 1 unspecified atom stereocenters. The van der Waals surface area contributed by atoms with Gasteiger partial charge in [-0.15, -0.1) is 0 Å². The first kappa shape index (κ1) is 17.9. The maximum atomic E-state index is 12.4. The van der Waals surface area contributed by atoms with E-state index in [1.165, 1.54) is 0 Å². The molecule has 0 aromatic carbocycles. The lowest BCUT2D eigenvalue weighted by molar-refractivity contribution is -0.136. The van der Waals surface area contributed by atoms with Gasteiger partial charge in [0.1, 0.15) is 6.04 Å². The Balaban J connectivity index is 4.96. The number of hydrogen-bond donors (Lipinski definition) is 3. The van der Waals surface area contributed by atoms with Gasteiger partial charge in [0.15, 0.2) is 0 Å². The zero-order valence-electron chi connectivity index (χ0n) is 13.3. The highest BCUT2D eigenvalue weighted by Gasteiger charge is 2.41. The maximum Gasteiger partial charge on any atom is 0.242 e. The number of nitrogens with one attached hydrogen (secondary N) is 2. The van der Waals surface area contributed by atoms with Gasteiger partial charge in [-0.3, -0.25) is 9.59 Å². The van der Waals surface area contributed by atoms with Gasteiger partial charge in [-0.05, 0) is 40.0 Å². The molecule has 0 bridgehead atoms. The minimum Gasteiger partial charge on any atom is -0.357 e. The Bertz CT molecular complexity index is 330. The second-order valence-corrected chi connectivity index (χ2v) is 6.62. The van der Waals surface area contributed by atoms with Crippen molar-refractivity contribution < 1.29 is 9.59 Å². The van der Waals surface area contributed by atoms with Crippen LogP contribution in [0.4, 0.5) is 0 Å². The van der Waals surface area contributed by atoms with Gasteiger partial charge in [-0.25, -0.2) is 0 Å². The van der Waals surface area contributed by atoms with Crippen LogP contribution in [0.15, 0.2) is 0 Å². The Kier molecular flexibility index (Phi) is 6.00. The summed E-state index contributed by atoms with van der Waals surface area (Å²) in [5.74, 6) is -0.0569. The molecular formula is C14H29N3O2. The number of likely N-dealkylation sites (N-methyl/N-ethyl adjacent to an activating group) is 1. The normalized spacial score (nSPS) is 14.2. The smallest absolute Gasteiger partial charge is 0.242 e. The van der Waals surface area contributed by atoms with Crippen molar-refractivity contribution in [2.24, 2.45) is 17.1 Å². The van der Waals surface area contributed by atoms with Crippen molar-refractivity contribution in [2.45, 2.75) is 59.5 Å². The lowest BCUT2D eigenvalue weighted by Gasteiger charge is -2.38. The monoisotopic (exact) mass is 271 g/mol. The van der Waals surface area contributed by atoms with Gasteiger partial charge >= 0.3 is 0 Å². The third kappa shape index (κ3) is 4.82. The Hall–Kier alpha value is -1.10. The molecule has 0 spiro atoms. The first-order valence-electron chi connectivity index (χ1n) is 6.75. The second kappa shape index (κ2) is 6.37. The van der Waals surface area contributed by atoms with E-state index in [9.17, 15) is 9.59 Å². The zero-order valence-corrected chi connectivity index (χ0v) is 13.3. The van der Waals surface area contributed by atoms with Crippen LogP contribution in [0, 0.1) is 11.3 Å². The van der Waals surface area contributed by atoms with Gasteiger partial charge in [0, 0.05) is 12.6 Å². The van der Waals surface area contributed by atoms with E-state index in [0.717, 1.165) is 0 Å². The molecule has 0 aliphatic heterocycles. The predicted octanol–water partition coefficient (Wildman–Crippen LogP) is 1.03. The summed E-state index contributed by atoms with van der Waals surface area (Å²) >= 11 is 0. The van der Waals surface area contributed by atoms with Gasteiger partial charge in [0.05, 0.1) is 5.41 Å². The molecule has 19 heavy (non-hydrogen) atoms. The van der Waals surface area contributed by atoms with Crippen LogP contribution in [0.5, 0.6) is 0 Å². The molecule has 0 aliphatic rings. The van der Waals surface area contributed by atoms with Crippen molar-refractivity contribution in [1.82, 2.24) is 10.6 Å². The SMILES string of the molecule is CNC(=O)C(CC(C)C)NC(=O)C(C)(C)C(C)(C)N. The van der Waals surface area contributed by atoms with Gasteiger partial charge in [-0.2, -0.15) is 0 Å². The van der Waals surface area contributed by atoms with Gasteiger partial charge in [0.25, 0.3) is 0 Å². The quantitative estimate of drug-likeness (QED) is 0.674. The minimum atomic E-state index is -0.754. The molecule has 0 rings (SSSR count). The molecule has 5 nitrogen and oxygen atoms in total. The van der Waals surface area contributed by atoms with Crippen LogP contribution in [0.3, 0.4) is 0 Å². The van der Waals surface area contributed by atoms with E-state index in [1.54, 1.807) is 20.9 Å². The minimum absolute atomic E-state index is 0.173. The molecule has 0 radical (unpaired) electrons. The van der Waals surface area contributed by atoms with E-state index >= 15 is 0 Å². The molecule has 2 amide bonds. The second-order valence-electron chi connectivity index (χ2n) is 6.62. The Morgan fingerprint density at radius 2 is 1.63 bits per heavy atom. The molecule has 0 aromatic heterocycles. The summed E-state index contributed by atoms with van der Waals surface area (Å²) in [4.78, 5) is 24.2. The molecule has 0 heterocycles. The van der Waals surface area contributed by atoms with Crippen molar-refractivity contribution in [3.05, 3.63) is 0 Å². The van der Waals surface area contributed by atoms with Crippen molar-refractivity contribution in [1.29, 1.82) is 0 Å². The largest absolute Gasteiger partial charge is 0.357 e. The Labute approximate surface area is 116 Å². The molecule has 0 saturated carbocycles. The van der Waals surface area contributed by atoms with Crippen LogP contribution >= 0.6 is 0 Å². The Morgan fingerprint density at radius 1 is 1.16 bits per heavy atom. The molecule has 5 heteroatoms. The van der Waals surface area contributed by atoms with E-state index in [0.29, 0.717) is 12.3 Å². The lowest BCUT2D eigenvalue weighted by Crippen LogP contribution is -2.59. The Morgan fingerprint density at radius 3 is 1.95 bits per heavy atom. The van der Waals surface area contributed by atoms with Gasteiger partial charge < -0.3 is 16.4 Å². The molecular weight excluding hydrogens is 242 g/mol. The molecule has 0 fully saturated rings. The lowest BCUT2D eigenvalue weighted by atomic mass is 9.74. The summed E-state index contributed by atoms with van der Waals surface area (Å²) < 4.78 is 0. The van der Waals surface area contributed by atoms with Crippen LogP contribution in [-0.4, -0.2) is 30.4 Å².